The van der Waals surface area contributed by atoms with Gasteiger partial charge in [0.2, 0.25) is 5.91 Å². The fourth-order valence-electron chi connectivity index (χ4n) is 3.62. The SMILES string of the molecule is O=C(CCNC(=O)c1ccc(F)cc1Cl)NC1(c2ccc(F)cc2)CCCC1. The second-order valence-electron chi connectivity index (χ2n) is 6.97. The summed E-state index contributed by atoms with van der Waals surface area (Å²) in [5.41, 5.74) is 0.554. The van der Waals surface area contributed by atoms with Gasteiger partial charge in [0.15, 0.2) is 0 Å². The smallest absolute Gasteiger partial charge is 0.252 e. The molecule has 148 valence electrons. The largest absolute Gasteiger partial charge is 0.351 e. The van der Waals surface area contributed by atoms with Gasteiger partial charge in [0.25, 0.3) is 5.91 Å². The molecule has 0 radical (unpaired) electrons. The number of carbonyl (C=O) groups excluding carboxylic acids is 2. The van der Waals surface area contributed by atoms with E-state index in [2.05, 4.69) is 10.6 Å². The molecule has 4 nitrogen and oxygen atoms in total. The molecule has 0 unspecified atom stereocenters. The zero-order valence-electron chi connectivity index (χ0n) is 15.2. The Bertz CT molecular complexity index is 865. The van der Waals surface area contributed by atoms with Crippen LogP contribution in [0.1, 0.15) is 48.0 Å². The van der Waals surface area contributed by atoms with E-state index in [0.717, 1.165) is 43.4 Å². The molecule has 28 heavy (non-hydrogen) atoms. The summed E-state index contributed by atoms with van der Waals surface area (Å²) in [5.74, 6) is -1.50. The van der Waals surface area contributed by atoms with Crippen molar-refractivity contribution in [3.63, 3.8) is 0 Å². The molecule has 3 rings (SSSR count). The van der Waals surface area contributed by atoms with Crippen LogP contribution in [-0.4, -0.2) is 18.4 Å². The number of hydrogen-bond acceptors (Lipinski definition) is 2. The molecule has 0 saturated heterocycles. The van der Waals surface area contributed by atoms with E-state index in [1.807, 2.05) is 0 Å². The lowest BCUT2D eigenvalue weighted by Gasteiger charge is -2.31. The van der Waals surface area contributed by atoms with E-state index >= 15 is 0 Å². The van der Waals surface area contributed by atoms with Crippen LogP contribution in [-0.2, 0) is 10.3 Å². The van der Waals surface area contributed by atoms with E-state index < -0.39 is 17.3 Å². The molecule has 2 amide bonds. The van der Waals surface area contributed by atoms with Crippen LogP contribution in [0.5, 0.6) is 0 Å². The number of benzene rings is 2. The summed E-state index contributed by atoms with van der Waals surface area (Å²) < 4.78 is 26.3. The molecule has 0 bridgehead atoms. The van der Waals surface area contributed by atoms with Crippen molar-refractivity contribution < 1.29 is 18.4 Å². The van der Waals surface area contributed by atoms with Gasteiger partial charge in [-0.05, 0) is 48.7 Å². The number of hydrogen-bond donors (Lipinski definition) is 2. The quantitative estimate of drug-likeness (QED) is 0.750. The van der Waals surface area contributed by atoms with Crippen molar-refractivity contribution in [1.29, 1.82) is 0 Å². The first kappa shape index (κ1) is 20.3. The molecule has 0 aliphatic heterocycles. The molecular formula is C21H21ClF2N2O2. The maximum atomic E-state index is 13.2. The highest BCUT2D eigenvalue weighted by molar-refractivity contribution is 6.33. The van der Waals surface area contributed by atoms with Crippen molar-refractivity contribution in [2.75, 3.05) is 6.54 Å². The molecular weight excluding hydrogens is 386 g/mol. The first-order valence-corrected chi connectivity index (χ1v) is 9.58. The summed E-state index contributed by atoms with van der Waals surface area (Å²) in [5, 5.41) is 5.71. The van der Waals surface area contributed by atoms with Crippen molar-refractivity contribution >= 4 is 23.4 Å². The lowest BCUT2D eigenvalue weighted by molar-refractivity contribution is -0.123. The maximum absolute atomic E-state index is 13.2. The summed E-state index contributed by atoms with van der Waals surface area (Å²) in [6, 6.07) is 9.73. The Hall–Kier alpha value is -2.47. The van der Waals surface area contributed by atoms with Crippen LogP contribution >= 0.6 is 11.6 Å². The van der Waals surface area contributed by atoms with Crippen molar-refractivity contribution in [2.45, 2.75) is 37.6 Å². The van der Waals surface area contributed by atoms with Gasteiger partial charge in [-0.15, -0.1) is 0 Å². The van der Waals surface area contributed by atoms with Crippen molar-refractivity contribution in [1.82, 2.24) is 10.6 Å². The molecule has 7 heteroatoms. The van der Waals surface area contributed by atoms with Crippen molar-refractivity contribution in [3.8, 4) is 0 Å². The molecule has 1 aliphatic carbocycles. The van der Waals surface area contributed by atoms with E-state index in [4.69, 9.17) is 11.6 Å². The van der Waals surface area contributed by atoms with E-state index in [-0.39, 0.29) is 35.3 Å². The standard InChI is InChI=1S/C21H21ClF2N2O2/c22-18-13-16(24)7-8-17(18)20(28)25-12-9-19(27)26-21(10-1-2-11-21)14-3-5-15(23)6-4-14/h3-8,13H,1-2,9-12H2,(H,25,28)(H,26,27). The average molecular weight is 407 g/mol. The Labute approximate surface area is 167 Å². The third-order valence-corrected chi connectivity index (χ3v) is 5.36. The average Bonchev–Trinajstić information content (AvgIpc) is 3.11. The number of halogens is 3. The molecule has 1 aliphatic rings. The topological polar surface area (TPSA) is 58.2 Å². The first-order chi connectivity index (χ1) is 13.4. The first-order valence-electron chi connectivity index (χ1n) is 9.20. The minimum absolute atomic E-state index is 0.0168. The molecule has 1 fully saturated rings. The third-order valence-electron chi connectivity index (χ3n) is 5.05. The molecule has 0 heterocycles. The van der Waals surface area contributed by atoms with Gasteiger partial charge in [-0.3, -0.25) is 9.59 Å². The normalized spacial score (nSPS) is 15.2. The Morgan fingerprint density at radius 2 is 1.64 bits per heavy atom. The van der Waals surface area contributed by atoms with Gasteiger partial charge in [-0.25, -0.2) is 8.78 Å². The number of nitrogens with one attached hydrogen (secondary N) is 2. The predicted octanol–water partition coefficient (Wildman–Crippen LogP) is 4.32. The van der Waals surface area contributed by atoms with Gasteiger partial charge in [0, 0.05) is 13.0 Å². The van der Waals surface area contributed by atoms with Gasteiger partial charge in [-0.1, -0.05) is 36.6 Å². The van der Waals surface area contributed by atoms with Crippen LogP contribution in [0.25, 0.3) is 0 Å². The minimum Gasteiger partial charge on any atom is -0.351 e. The van der Waals surface area contributed by atoms with Crippen molar-refractivity contribution in [2.24, 2.45) is 0 Å². The third kappa shape index (κ3) is 4.68. The van der Waals surface area contributed by atoms with E-state index in [0.29, 0.717) is 0 Å². The monoisotopic (exact) mass is 406 g/mol. The highest BCUT2D eigenvalue weighted by Gasteiger charge is 2.36. The van der Waals surface area contributed by atoms with Crippen LogP contribution in [0.15, 0.2) is 42.5 Å². The molecule has 1 saturated carbocycles. The summed E-state index contributed by atoms with van der Waals surface area (Å²) in [7, 11) is 0. The van der Waals surface area contributed by atoms with E-state index in [9.17, 15) is 18.4 Å². The van der Waals surface area contributed by atoms with Crippen LogP contribution in [0.4, 0.5) is 8.78 Å². The van der Waals surface area contributed by atoms with Crippen LogP contribution < -0.4 is 10.6 Å². The fraction of sp³-hybridized carbons (Fsp3) is 0.333. The number of carbonyl (C=O) groups is 2. The lowest BCUT2D eigenvalue weighted by atomic mass is 9.88. The van der Waals surface area contributed by atoms with Gasteiger partial charge in [0.1, 0.15) is 11.6 Å². The van der Waals surface area contributed by atoms with Crippen LogP contribution in [0.3, 0.4) is 0 Å². The van der Waals surface area contributed by atoms with Gasteiger partial charge in [0.05, 0.1) is 16.1 Å². The number of rotatable bonds is 6. The van der Waals surface area contributed by atoms with Crippen LogP contribution in [0, 0.1) is 11.6 Å². The summed E-state index contributed by atoms with van der Waals surface area (Å²) in [6.07, 6.45) is 3.65. The zero-order chi connectivity index (χ0) is 20.1. The molecule has 0 spiro atoms. The molecule has 0 atom stereocenters. The molecule has 2 aromatic rings. The van der Waals surface area contributed by atoms with Gasteiger partial charge in [-0.2, -0.15) is 0 Å². The maximum Gasteiger partial charge on any atom is 0.252 e. The van der Waals surface area contributed by atoms with Crippen molar-refractivity contribution in [3.05, 3.63) is 70.2 Å². The highest BCUT2D eigenvalue weighted by Crippen LogP contribution is 2.38. The Morgan fingerprint density at radius 1 is 1.00 bits per heavy atom. The summed E-state index contributed by atoms with van der Waals surface area (Å²) in [4.78, 5) is 24.6. The van der Waals surface area contributed by atoms with E-state index in [1.165, 1.54) is 18.2 Å². The highest BCUT2D eigenvalue weighted by atomic mass is 35.5. The fourth-order valence-corrected chi connectivity index (χ4v) is 3.87. The minimum atomic E-state index is -0.524. The zero-order valence-corrected chi connectivity index (χ0v) is 16.0. The van der Waals surface area contributed by atoms with E-state index in [1.54, 1.807) is 12.1 Å². The second kappa shape index (κ2) is 8.69. The second-order valence-corrected chi connectivity index (χ2v) is 7.38. The molecule has 2 N–H and O–H groups in total. The Kier molecular flexibility index (Phi) is 6.29. The van der Waals surface area contributed by atoms with Gasteiger partial charge < -0.3 is 10.6 Å². The Balaban J connectivity index is 1.57. The van der Waals surface area contributed by atoms with Crippen LogP contribution in [0.2, 0.25) is 5.02 Å². The molecule has 2 aromatic carbocycles. The predicted molar refractivity (Wildman–Crippen MR) is 103 cm³/mol. The number of amides is 2. The lowest BCUT2D eigenvalue weighted by Crippen LogP contribution is -2.44. The summed E-state index contributed by atoms with van der Waals surface area (Å²) in [6.45, 7) is 0.123. The van der Waals surface area contributed by atoms with Gasteiger partial charge >= 0.3 is 0 Å². The molecule has 0 aromatic heterocycles. The Morgan fingerprint density at radius 3 is 2.29 bits per heavy atom. The summed E-state index contributed by atoms with van der Waals surface area (Å²) >= 11 is 5.87.